The van der Waals surface area contributed by atoms with Crippen LogP contribution < -0.4 is 0 Å². The first-order valence-electron chi connectivity index (χ1n) is 6.23. The molecule has 6 nitrogen and oxygen atoms in total. The van der Waals surface area contributed by atoms with Crippen LogP contribution >= 0.6 is 0 Å². The van der Waals surface area contributed by atoms with Gasteiger partial charge in [-0.2, -0.15) is 0 Å². The molecule has 0 amide bonds. The number of Topliss-reactive ketones (excluding diaryl/α,β-unsaturated/α-hetero) is 1. The molecule has 0 unspecified atom stereocenters. The van der Waals surface area contributed by atoms with E-state index in [1.54, 1.807) is 12.8 Å². The maximum absolute atomic E-state index is 10.7. The van der Waals surface area contributed by atoms with Crippen LogP contribution in [0.1, 0.15) is 46.5 Å². The molecule has 0 aliphatic carbocycles. The van der Waals surface area contributed by atoms with Gasteiger partial charge in [0.15, 0.2) is 0 Å². The Labute approximate surface area is 149 Å². The molecule has 7 heteroatoms. The van der Waals surface area contributed by atoms with E-state index >= 15 is 0 Å². The minimum Gasteiger partial charge on any atom is 0 e. The van der Waals surface area contributed by atoms with Crippen molar-refractivity contribution in [3.63, 3.8) is 0 Å². The standard InChI is InChI=1S/C13H20O3.3CO.Fe/c1-4-5-6-9-13(3,16-11-14)10-7-8-12(2)15;3*1-2;/h7-8,10H,4-6,9H2,1-3H3;;;;/q-1;;;;/t13-;;;;/m1..../s1. The summed E-state index contributed by atoms with van der Waals surface area (Å²) in [5.41, 5.74) is -0.650. The Bertz CT molecular complexity index is 310. The first-order valence-corrected chi connectivity index (χ1v) is 6.23. The fourth-order valence-corrected chi connectivity index (χ4v) is 1.38. The van der Waals surface area contributed by atoms with Gasteiger partial charge in [-0.3, -0.25) is 4.79 Å². The number of hydrogen-bond donors (Lipinski definition) is 0. The van der Waals surface area contributed by atoms with Crippen LogP contribution in [0.15, 0.2) is 0 Å². The number of ether oxygens (including phenoxy) is 1. The minimum atomic E-state index is -0.650. The molecule has 1 atom stereocenters. The number of unbranched alkanes of at least 4 members (excludes halogenated alkanes) is 2. The van der Waals surface area contributed by atoms with Gasteiger partial charge in [0, 0.05) is 29.9 Å². The molecule has 0 N–H and O–H groups in total. The fourth-order valence-electron chi connectivity index (χ4n) is 1.38. The zero-order chi connectivity index (χ0) is 18.4. The van der Waals surface area contributed by atoms with E-state index in [-0.39, 0.29) is 22.9 Å². The molecule has 0 rings (SSSR count). The molecular weight excluding hydrogens is 344 g/mol. The Morgan fingerprint density at radius 3 is 2.00 bits per heavy atom. The third kappa shape index (κ3) is 29.5. The van der Waals surface area contributed by atoms with Crippen molar-refractivity contribution in [1.82, 2.24) is 0 Å². The molecule has 0 saturated heterocycles. The second kappa shape index (κ2) is 29.0. The first-order chi connectivity index (χ1) is 10.5. The number of carbonyl (C=O) groups excluding carboxylic acids is 2. The number of hydrogen-bond acceptors (Lipinski definition) is 3. The Morgan fingerprint density at radius 2 is 1.65 bits per heavy atom. The molecule has 0 bridgehead atoms. The van der Waals surface area contributed by atoms with Crippen molar-refractivity contribution in [3.8, 4) is 0 Å². The van der Waals surface area contributed by atoms with Crippen molar-refractivity contribution in [2.45, 2.75) is 52.1 Å². The van der Waals surface area contributed by atoms with E-state index in [9.17, 15) is 9.59 Å². The maximum atomic E-state index is 10.7. The van der Waals surface area contributed by atoms with Crippen LogP contribution in [0.25, 0.3) is 0 Å². The molecule has 0 aromatic carbocycles. The van der Waals surface area contributed by atoms with Crippen molar-refractivity contribution in [2.24, 2.45) is 0 Å². The molecule has 3 radical (unpaired) electrons. The van der Waals surface area contributed by atoms with Gasteiger partial charge in [0.25, 0.3) is 0 Å². The smallest absolute Gasteiger partial charge is 0 e. The predicted molar refractivity (Wildman–Crippen MR) is 74.7 cm³/mol. The van der Waals surface area contributed by atoms with Crippen molar-refractivity contribution >= 4 is 12.3 Å². The first kappa shape index (κ1) is 33.5. The van der Waals surface area contributed by atoms with Gasteiger partial charge in [0.2, 0.25) is 0 Å². The average molecular weight is 364 g/mol. The average Bonchev–Trinajstić information content (AvgIpc) is 2.53. The Balaban J connectivity index is -0.000000137. The predicted octanol–water partition coefficient (Wildman–Crippen LogP) is 2.50. The Hall–Kier alpha value is -1.12. The van der Waals surface area contributed by atoms with Crippen LogP contribution in [0.2, 0.25) is 0 Å². The van der Waals surface area contributed by atoms with Crippen LogP contribution in [0.5, 0.6) is 0 Å². The zero-order valence-corrected chi connectivity index (χ0v) is 14.5. The summed E-state index contributed by atoms with van der Waals surface area (Å²) in [5, 5.41) is 0. The molecular formula is C16H20FeO6-. The van der Waals surface area contributed by atoms with E-state index in [0.29, 0.717) is 0 Å². The Kier molecular flexibility index (Phi) is 42.2. The van der Waals surface area contributed by atoms with E-state index in [2.05, 4.69) is 26.9 Å². The molecule has 0 aliphatic heterocycles. The summed E-state index contributed by atoms with van der Waals surface area (Å²) in [6, 6.07) is 0. The van der Waals surface area contributed by atoms with Gasteiger partial charge in [-0.25, -0.2) is 0 Å². The molecule has 0 saturated carbocycles. The summed E-state index contributed by atoms with van der Waals surface area (Å²) in [7, 11) is 0. The largest absolute Gasteiger partial charge is 0 e. The SMILES string of the molecule is CCCCC[C@](C)([CH][CH][CH]C(C)=O)O[C-]=O.[C-]#[O+].[C-]#[O+].[C-]#[O+].[Fe]. The molecule has 0 aromatic rings. The molecule has 23 heavy (non-hydrogen) atoms. The zero-order valence-electron chi connectivity index (χ0n) is 13.4. The summed E-state index contributed by atoms with van der Waals surface area (Å²) in [4.78, 5) is 21.0. The molecule has 0 spiro atoms. The maximum Gasteiger partial charge on any atom is 0 e. The van der Waals surface area contributed by atoms with Crippen molar-refractivity contribution in [3.05, 3.63) is 39.2 Å². The second-order valence-electron chi connectivity index (χ2n) is 4.09. The summed E-state index contributed by atoms with van der Waals surface area (Å²) in [6.07, 6.45) is 8.76. The van der Waals surface area contributed by atoms with E-state index in [1.807, 2.05) is 6.92 Å². The number of carbonyl (C=O) groups is 1. The Morgan fingerprint density at radius 1 is 1.17 bits per heavy atom. The van der Waals surface area contributed by atoms with Crippen LogP contribution in [-0.2, 0) is 45.4 Å². The number of rotatable bonds is 10. The second-order valence-corrected chi connectivity index (χ2v) is 4.09. The quantitative estimate of drug-likeness (QED) is 0.257. The molecule has 0 fully saturated rings. The van der Waals surface area contributed by atoms with Gasteiger partial charge in [-0.15, -0.1) is 0 Å². The summed E-state index contributed by atoms with van der Waals surface area (Å²) < 4.78 is 27.4. The van der Waals surface area contributed by atoms with Crippen LogP contribution in [0.4, 0.5) is 0 Å². The normalized spacial score (nSPS) is 10.1. The summed E-state index contributed by atoms with van der Waals surface area (Å²) in [5.74, 6) is -0.0257. The van der Waals surface area contributed by atoms with Gasteiger partial charge in [-0.1, -0.05) is 26.2 Å². The third-order valence-electron chi connectivity index (χ3n) is 2.33. The van der Waals surface area contributed by atoms with Gasteiger partial charge in [-0.05, 0) is 33.1 Å². The number of ketones is 1. The monoisotopic (exact) mass is 364 g/mol. The van der Waals surface area contributed by atoms with Crippen molar-refractivity contribution in [2.75, 3.05) is 0 Å². The van der Waals surface area contributed by atoms with E-state index in [4.69, 9.17) is 18.7 Å². The minimum absolute atomic E-state index is 0. The van der Waals surface area contributed by atoms with E-state index < -0.39 is 5.60 Å². The topological polar surface area (TPSA) is 103 Å². The van der Waals surface area contributed by atoms with Crippen molar-refractivity contribution in [1.29, 1.82) is 0 Å². The molecule has 129 valence electrons. The molecule has 0 aromatic heterocycles. The van der Waals surface area contributed by atoms with E-state index in [0.717, 1.165) is 25.7 Å². The molecule has 0 aliphatic rings. The third-order valence-corrected chi connectivity index (χ3v) is 2.33. The summed E-state index contributed by atoms with van der Waals surface area (Å²) >= 11 is 0. The van der Waals surface area contributed by atoms with E-state index in [1.165, 1.54) is 19.8 Å². The van der Waals surface area contributed by atoms with Gasteiger partial charge in [0.05, 0.1) is 5.60 Å². The van der Waals surface area contributed by atoms with Crippen LogP contribution in [0.3, 0.4) is 0 Å². The van der Waals surface area contributed by atoms with Crippen LogP contribution in [-0.4, -0.2) is 17.9 Å². The van der Waals surface area contributed by atoms with Gasteiger partial charge >= 0.3 is 33.9 Å². The summed E-state index contributed by atoms with van der Waals surface area (Å²) in [6.45, 7) is 20.4. The van der Waals surface area contributed by atoms with Gasteiger partial charge in [0.1, 0.15) is 5.78 Å². The molecule has 0 heterocycles. The van der Waals surface area contributed by atoms with Crippen LogP contribution in [0, 0.1) is 39.2 Å². The fraction of sp³-hybridized carbons (Fsp3) is 0.500. The van der Waals surface area contributed by atoms with Crippen molar-refractivity contribution < 1.29 is 45.4 Å². The van der Waals surface area contributed by atoms with Gasteiger partial charge < -0.3 is 9.53 Å².